The van der Waals surface area contributed by atoms with Crippen LogP contribution in [0.3, 0.4) is 0 Å². The van der Waals surface area contributed by atoms with E-state index in [0.29, 0.717) is 23.9 Å². The average Bonchev–Trinajstić information content (AvgIpc) is 2.74. The zero-order valence-corrected chi connectivity index (χ0v) is 8.38. The van der Waals surface area contributed by atoms with E-state index in [1.807, 2.05) is 0 Å². The van der Waals surface area contributed by atoms with E-state index in [4.69, 9.17) is 4.74 Å². The number of benzene rings is 1. The molecule has 0 aromatic heterocycles. The number of anilines is 1. The number of aliphatic imine (C=N–C) groups is 1. The third kappa shape index (κ3) is 2.18. The molecule has 1 heterocycles. The Balaban J connectivity index is 2.18. The molecule has 0 saturated heterocycles. The number of nitrogens with zero attached hydrogens (tertiary/aromatic N) is 1. The Morgan fingerprint density at radius 2 is 2.40 bits per heavy atom. The number of methoxy groups -OCH3 is 1. The van der Waals surface area contributed by atoms with Crippen LogP contribution in [-0.2, 0) is 0 Å². The molecule has 1 aromatic rings. The molecule has 5 heteroatoms. The highest BCUT2D eigenvalue weighted by molar-refractivity contribution is 5.94. The molecule has 1 aromatic carbocycles. The maximum atomic E-state index is 13.4. The number of guanidine groups is 1. The van der Waals surface area contributed by atoms with E-state index in [2.05, 4.69) is 15.6 Å². The Labute approximate surface area is 87.2 Å². The van der Waals surface area contributed by atoms with E-state index < -0.39 is 0 Å². The van der Waals surface area contributed by atoms with Crippen molar-refractivity contribution in [3.63, 3.8) is 0 Å². The molecular formula is C10H12FN3O. The predicted molar refractivity (Wildman–Crippen MR) is 56.9 cm³/mol. The fraction of sp³-hybridized carbons (Fsp3) is 0.300. The summed E-state index contributed by atoms with van der Waals surface area (Å²) in [5.74, 6) is 0.881. The SMILES string of the molecule is COc1ccc(F)c(NC2=NCCN2)c1. The third-order valence-electron chi connectivity index (χ3n) is 2.10. The lowest BCUT2D eigenvalue weighted by molar-refractivity contribution is 0.414. The summed E-state index contributed by atoms with van der Waals surface area (Å²) in [5, 5.41) is 5.87. The van der Waals surface area contributed by atoms with Gasteiger partial charge >= 0.3 is 0 Å². The number of hydrogen-bond donors (Lipinski definition) is 2. The maximum absolute atomic E-state index is 13.4. The summed E-state index contributed by atoms with van der Waals surface area (Å²) in [6.45, 7) is 1.50. The Morgan fingerprint density at radius 3 is 3.07 bits per heavy atom. The molecule has 0 amide bonds. The minimum Gasteiger partial charge on any atom is -0.497 e. The monoisotopic (exact) mass is 209 g/mol. The van der Waals surface area contributed by atoms with Gasteiger partial charge in [-0.25, -0.2) is 4.39 Å². The van der Waals surface area contributed by atoms with E-state index in [9.17, 15) is 4.39 Å². The summed E-state index contributed by atoms with van der Waals surface area (Å²) in [5.41, 5.74) is 0.363. The lowest BCUT2D eigenvalue weighted by Gasteiger charge is -2.09. The fourth-order valence-electron chi connectivity index (χ4n) is 1.34. The molecule has 1 aliphatic heterocycles. The summed E-state index contributed by atoms with van der Waals surface area (Å²) in [4.78, 5) is 4.11. The summed E-state index contributed by atoms with van der Waals surface area (Å²) in [6, 6.07) is 4.53. The van der Waals surface area contributed by atoms with Crippen LogP contribution in [0.25, 0.3) is 0 Å². The van der Waals surface area contributed by atoms with E-state index in [0.717, 1.165) is 6.54 Å². The molecule has 4 nitrogen and oxygen atoms in total. The van der Waals surface area contributed by atoms with Gasteiger partial charge in [-0.2, -0.15) is 0 Å². The van der Waals surface area contributed by atoms with Gasteiger partial charge in [0.2, 0.25) is 0 Å². The highest BCUT2D eigenvalue weighted by atomic mass is 19.1. The van der Waals surface area contributed by atoms with Crippen molar-refractivity contribution < 1.29 is 9.13 Å². The summed E-state index contributed by atoms with van der Waals surface area (Å²) in [7, 11) is 1.54. The van der Waals surface area contributed by atoms with Gasteiger partial charge in [-0.3, -0.25) is 4.99 Å². The Bertz CT molecular complexity index is 392. The van der Waals surface area contributed by atoms with Gasteiger partial charge in [0, 0.05) is 12.6 Å². The molecule has 0 fully saturated rings. The number of rotatable bonds is 2. The molecule has 0 bridgehead atoms. The van der Waals surface area contributed by atoms with Crippen LogP contribution >= 0.6 is 0 Å². The molecule has 0 unspecified atom stereocenters. The van der Waals surface area contributed by atoms with Gasteiger partial charge in [-0.05, 0) is 12.1 Å². The van der Waals surface area contributed by atoms with E-state index in [1.54, 1.807) is 19.2 Å². The third-order valence-corrected chi connectivity index (χ3v) is 2.10. The summed E-state index contributed by atoms with van der Waals surface area (Å²) < 4.78 is 18.4. The van der Waals surface area contributed by atoms with Crippen molar-refractivity contribution in [3.8, 4) is 5.75 Å². The first-order valence-corrected chi connectivity index (χ1v) is 4.68. The second-order valence-corrected chi connectivity index (χ2v) is 3.13. The molecule has 0 spiro atoms. The number of halogens is 1. The maximum Gasteiger partial charge on any atom is 0.196 e. The van der Waals surface area contributed by atoms with Crippen molar-refractivity contribution in [1.82, 2.24) is 5.32 Å². The second-order valence-electron chi connectivity index (χ2n) is 3.13. The first-order valence-electron chi connectivity index (χ1n) is 4.68. The topological polar surface area (TPSA) is 45.6 Å². The van der Waals surface area contributed by atoms with Gasteiger partial charge in [0.15, 0.2) is 5.96 Å². The van der Waals surface area contributed by atoms with Crippen LogP contribution in [0.15, 0.2) is 23.2 Å². The van der Waals surface area contributed by atoms with Crippen molar-refractivity contribution in [2.45, 2.75) is 0 Å². The zero-order valence-electron chi connectivity index (χ0n) is 8.38. The molecule has 1 aliphatic rings. The van der Waals surface area contributed by atoms with Crippen LogP contribution in [0.1, 0.15) is 0 Å². The number of hydrogen-bond acceptors (Lipinski definition) is 4. The van der Waals surface area contributed by atoms with Gasteiger partial charge in [-0.1, -0.05) is 0 Å². The van der Waals surface area contributed by atoms with Gasteiger partial charge in [0.1, 0.15) is 11.6 Å². The molecular weight excluding hydrogens is 197 g/mol. The van der Waals surface area contributed by atoms with Crippen molar-refractivity contribution in [3.05, 3.63) is 24.0 Å². The second kappa shape index (κ2) is 4.16. The Hall–Kier alpha value is -1.78. The summed E-state index contributed by atoms with van der Waals surface area (Å²) in [6.07, 6.45) is 0. The van der Waals surface area contributed by atoms with E-state index in [1.165, 1.54) is 6.07 Å². The lowest BCUT2D eigenvalue weighted by atomic mass is 10.3. The summed E-state index contributed by atoms with van der Waals surface area (Å²) >= 11 is 0. The van der Waals surface area contributed by atoms with Crippen molar-refractivity contribution in [2.75, 3.05) is 25.5 Å². The minimum absolute atomic E-state index is 0.327. The van der Waals surface area contributed by atoms with Crippen molar-refractivity contribution >= 4 is 11.6 Å². The van der Waals surface area contributed by atoms with Crippen LogP contribution in [0.2, 0.25) is 0 Å². The lowest BCUT2D eigenvalue weighted by Crippen LogP contribution is -2.26. The van der Waals surface area contributed by atoms with E-state index in [-0.39, 0.29) is 5.82 Å². The molecule has 2 rings (SSSR count). The van der Waals surface area contributed by atoms with Gasteiger partial charge < -0.3 is 15.4 Å². The number of nitrogens with one attached hydrogen (secondary N) is 2. The van der Waals surface area contributed by atoms with E-state index >= 15 is 0 Å². The average molecular weight is 209 g/mol. The van der Waals surface area contributed by atoms with Gasteiger partial charge in [0.05, 0.1) is 19.3 Å². The van der Waals surface area contributed by atoms with Gasteiger partial charge in [-0.15, -0.1) is 0 Å². The highest BCUT2D eigenvalue weighted by Gasteiger charge is 2.09. The Kier molecular flexibility index (Phi) is 2.71. The van der Waals surface area contributed by atoms with Crippen LogP contribution in [0.5, 0.6) is 5.75 Å². The Morgan fingerprint density at radius 1 is 1.53 bits per heavy atom. The molecule has 2 N–H and O–H groups in total. The van der Waals surface area contributed by atoms with Crippen LogP contribution in [0.4, 0.5) is 10.1 Å². The molecule has 80 valence electrons. The molecule has 0 aliphatic carbocycles. The van der Waals surface area contributed by atoms with Crippen molar-refractivity contribution in [2.24, 2.45) is 4.99 Å². The molecule has 0 atom stereocenters. The first kappa shape index (κ1) is 9.76. The quantitative estimate of drug-likeness (QED) is 0.769. The molecule has 0 radical (unpaired) electrons. The fourth-order valence-corrected chi connectivity index (χ4v) is 1.34. The van der Waals surface area contributed by atoms with Crippen molar-refractivity contribution in [1.29, 1.82) is 0 Å². The van der Waals surface area contributed by atoms with Crippen LogP contribution < -0.4 is 15.4 Å². The molecule has 0 saturated carbocycles. The smallest absolute Gasteiger partial charge is 0.196 e. The van der Waals surface area contributed by atoms with Crippen LogP contribution in [0, 0.1) is 5.82 Å². The highest BCUT2D eigenvalue weighted by Crippen LogP contribution is 2.20. The first-order chi connectivity index (χ1) is 7.29. The molecule has 15 heavy (non-hydrogen) atoms. The predicted octanol–water partition coefficient (Wildman–Crippen LogP) is 1.21. The number of ether oxygens (including phenoxy) is 1. The van der Waals surface area contributed by atoms with Gasteiger partial charge in [0.25, 0.3) is 0 Å². The minimum atomic E-state index is -0.327. The van der Waals surface area contributed by atoms with Crippen LogP contribution in [-0.4, -0.2) is 26.2 Å². The largest absolute Gasteiger partial charge is 0.497 e. The zero-order chi connectivity index (χ0) is 10.7. The normalized spacial score (nSPS) is 14.4. The standard InChI is InChI=1S/C10H12FN3O/c1-15-7-2-3-8(11)9(6-7)14-10-12-4-5-13-10/h2-3,6H,4-5H2,1H3,(H2,12,13,14).